The Kier molecular flexibility index (Phi) is 4.16. The Labute approximate surface area is 90.0 Å². The molecule has 0 amide bonds. The van der Waals surface area contributed by atoms with Crippen molar-refractivity contribution in [2.24, 2.45) is 0 Å². The van der Waals surface area contributed by atoms with Crippen LogP contribution in [0.1, 0.15) is 31.9 Å². The largest absolute Gasteiger partial charge is 0.497 e. The lowest BCUT2D eigenvalue weighted by Crippen LogP contribution is -2.07. The van der Waals surface area contributed by atoms with Gasteiger partial charge in [0.1, 0.15) is 11.9 Å². The number of carbonyl (C=O) groups excluding carboxylic acids is 1. The van der Waals surface area contributed by atoms with Gasteiger partial charge in [-0.05, 0) is 24.6 Å². The van der Waals surface area contributed by atoms with Crippen molar-refractivity contribution < 1.29 is 14.3 Å². The van der Waals surface area contributed by atoms with Crippen LogP contribution in [0.15, 0.2) is 24.3 Å². The van der Waals surface area contributed by atoms with Crippen molar-refractivity contribution in [2.75, 3.05) is 7.11 Å². The molecule has 0 saturated heterocycles. The van der Waals surface area contributed by atoms with Crippen molar-refractivity contribution in [1.82, 2.24) is 0 Å². The maximum Gasteiger partial charge on any atom is 0.306 e. The van der Waals surface area contributed by atoms with Gasteiger partial charge in [-0.2, -0.15) is 0 Å². The third-order valence-electron chi connectivity index (χ3n) is 2.18. The highest BCUT2D eigenvalue weighted by Crippen LogP contribution is 2.20. The highest BCUT2D eigenvalue weighted by Gasteiger charge is 2.09. The molecule has 1 rings (SSSR count). The average Bonchev–Trinajstić information content (AvgIpc) is 2.29. The summed E-state index contributed by atoms with van der Waals surface area (Å²) >= 11 is 0. The maximum absolute atomic E-state index is 11.1. The minimum absolute atomic E-state index is 0.182. The summed E-state index contributed by atoms with van der Waals surface area (Å²) in [4.78, 5) is 11.1. The van der Waals surface area contributed by atoms with Crippen molar-refractivity contribution in [3.63, 3.8) is 0 Å². The van der Waals surface area contributed by atoms with Crippen LogP contribution in [0, 0.1) is 0 Å². The summed E-state index contributed by atoms with van der Waals surface area (Å²) in [6.07, 6.45) is 0.198. The lowest BCUT2D eigenvalue weighted by Gasteiger charge is -2.13. The second kappa shape index (κ2) is 5.39. The minimum Gasteiger partial charge on any atom is -0.497 e. The van der Waals surface area contributed by atoms with Crippen molar-refractivity contribution in [2.45, 2.75) is 26.4 Å². The van der Waals surface area contributed by atoms with E-state index in [0.717, 1.165) is 11.3 Å². The molecule has 0 aromatic heterocycles. The van der Waals surface area contributed by atoms with Gasteiger partial charge in [-0.15, -0.1) is 0 Å². The molecule has 1 atom stereocenters. The fraction of sp³-hybridized carbons (Fsp3) is 0.417. The molecule has 3 heteroatoms. The second-order valence-corrected chi connectivity index (χ2v) is 3.26. The van der Waals surface area contributed by atoms with E-state index in [1.165, 1.54) is 0 Å². The summed E-state index contributed by atoms with van der Waals surface area (Å²) in [7, 11) is 1.62. The molecule has 0 aliphatic carbocycles. The van der Waals surface area contributed by atoms with Crippen LogP contribution in [-0.2, 0) is 9.53 Å². The van der Waals surface area contributed by atoms with E-state index in [2.05, 4.69) is 0 Å². The van der Waals surface area contributed by atoms with Crippen LogP contribution in [0.25, 0.3) is 0 Å². The number of hydrogen-bond acceptors (Lipinski definition) is 3. The second-order valence-electron chi connectivity index (χ2n) is 3.26. The summed E-state index contributed by atoms with van der Waals surface area (Å²) in [5, 5.41) is 0. The first-order chi connectivity index (χ1) is 7.17. The number of methoxy groups -OCH3 is 1. The quantitative estimate of drug-likeness (QED) is 0.714. The molecule has 0 N–H and O–H groups in total. The first-order valence-electron chi connectivity index (χ1n) is 5.00. The first kappa shape index (κ1) is 11.6. The standard InChI is InChI=1S/C12H16O3/c1-4-12(13)15-9(2)10-5-7-11(14-3)8-6-10/h5-9H,4H2,1-3H3. The molecule has 1 aromatic carbocycles. The van der Waals surface area contributed by atoms with Crippen LogP contribution in [0.2, 0.25) is 0 Å². The van der Waals surface area contributed by atoms with Crippen molar-refractivity contribution >= 4 is 5.97 Å². The van der Waals surface area contributed by atoms with Crippen LogP contribution < -0.4 is 4.74 Å². The number of rotatable bonds is 4. The van der Waals surface area contributed by atoms with E-state index in [4.69, 9.17) is 9.47 Å². The number of esters is 1. The molecule has 15 heavy (non-hydrogen) atoms. The Morgan fingerprint density at radius 1 is 1.33 bits per heavy atom. The van der Waals surface area contributed by atoms with Gasteiger partial charge in [0.15, 0.2) is 0 Å². The molecular weight excluding hydrogens is 192 g/mol. The summed E-state index contributed by atoms with van der Waals surface area (Å²) in [5.74, 6) is 0.617. The van der Waals surface area contributed by atoms with E-state index in [0.29, 0.717) is 6.42 Å². The van der Waals surface area contributed by atoms with Crippen LogP contribution >= 0.6 is 0 Å². The highest BCUT2D eigenvalue weighted by atomic mass is 16.5. The Morgan fingerprint density at radius 2 is 1.93 bits per heavy atom. The van der Waals surface area contributed by atoms with Gasteiger partial charge >= 0.3 is 5.97 Å². The van der Waals surface area contributed by atoms with Gasteiger partial charge in [0.05, 0.1) is 7.11 Å². The highest BCUT2D eigenvalue weighted by molar-refractivity contribution is 5.69. The monoisotopic (exact) mass is 208 g/mol. The van der Waals surface area contributed by atoms with Gasteiger partial charge in [0.25, 0.3) is 0 Å². The van der Waals surface area contributed by atoms with E-state index in [1.807, 2.05) is 31.2 Å². The van der Waals surface area contributed by atoms with Crippen molar-refractivity contribution in [1.29, 1.82) is 0 Å². The van der Waals surface area contributed by atoms with Crippen LogP contribution in [0.4, 0.5) is 0 Å². The third-order valence-corrected chi connectivity index (χ3v) is 2.18. The van der Waals surface area contributed by atoms with E-state index in [1.54, 1.807) is 14.0 Å². The minimum atomic E-state index is -0.205. The van der Waals surface area contributed by atoms with Gasteiger partial charge in [-0.1, -0.05) is 19.1 Å². The van der Waals surface area contributed by atoms with Crippen LogP contribution in [0.5, 0.6) is 5.75 Å². The predicted octanol–water partition coefficient (Wildman–Crippen LogP) is 2.71. The average molecular weight is 208 g/mol. The summed E-state index contributed by atoms with van der Waals surface area (Å²) in [6, 6.07) is 7.50. The molecule has 0 aliphatic heterocycles. The molecule has 0 radical (unpaired) electrons. The topological polar surface area (TPSA) is 35.5 Å². The Balaban J connectivity index is 2.65. The molecule has 1 unspecified atom stereocenters. The van der Waals surface area contributed by atoms with E-state index >= 15 is 0 Å². The smallest absolute Gasteiger partial charge is 0.306 e. The maximum atomic E-state index is 11.1. The van der Waals surface area contributed by atoms with E-state index < -0.39 is 0 Å². The molecule has 1 aromatic rings. The number of carbonyl (C=O) groups is 1. The fourth-order valence-electron chi connectivity index (χ4n) is 1.22. The normalized spacial score (nSPS) is 11.9. The zero-order chi connectivity index (χ0) is 11.3. The molecular formula is C12H16O3. The van der Waals surface area contributed by atoms with Crippen LogP contribution in [-0.4, -0.2) is 13.1 Å². The SMILES string of the molecule is CCC(=O)OC(C)c1ccc(OC)cc1. The molecule has 0 heterocycles. The molecule has 0 aliphatic rings. The van der Waals surface area contributed by atoms with Crippen LogP contribution in [0.3, 0.4) is 0 Å². The van der Waals surface area contributed by atoms with Gasteiger partial charge in [-0.3, -0.25) is 4.79 Å². The van der Waals surface area contributed by atoms with Crippen molar-refractivity contribution in [3.05, 3.63) is 29.8 Å². The van der Waals surface area contributed by atoms with Gasteiger partial charge in [0, 0.05) is 6.42 Å². The molecule has 0 saturated carbocycles. The molecule has 3 nitrogen and oxygen atoms in total. The molecule has 0 spiro atoms. The molecule has 0 bridgehead atoms. The lowest BCUT2D eigenvalue weighted by molar-refractivity contribution is -0.148. The van der Waals surface area contributed by atoms with Gasteiger partial charge in [0.2, 0.25) is 0 Å². The van der Waals surface area contributed by atoms with E-state index in [-0.39, 0.29) is 12.1 Å². The number of hydrogen-bond donors (Lipinski definition) is 0. The zero-order valence-corrected chi connectivity index (χ0v) is 9.32. The predicted molar refractivity (Wildman–Crippen MR) is 57.8 cm³/mol. The summed E-state index contributed by atoms with van der Waals surface area (Å²) in [5.41, 5.74) is 0.970. The summed E-state index contributed by atoms with van der Waals surface area (Å²) in [6.45, 7) is 3.64. The van der Waals surface area contributed by atoms with Gasteiger partial charge in [-0.25, -0.2) is 0 Å². The Hall–Kier alpha value is -1.51. The molecule has 0 fully saturated rings. The Bertz CT molecular complexity index is 316. The Morgan fingerprint density at radius 3 is 2.40 bits per heavy atom. The number of ether oxygens (including phenoxy) is 2. The van der Waals surface area contributed by atoms with Crippen molar-refractivity contribution in [3.8, 4) is 5.75 Å². The van der Waals surface area contributed by atoms with Gasteiger partial charge < -0.3 is 9.47 Å². The lowest BCUT2D eigenvalue weighted by atomic mass is 10.1. The first-order valence-corrected chi connectivity index (χ1v) is 5.00. The fourth-order valence-corrected chi connectivity index (χ4v) is 1.22. The summed E-state index contributed by atoms with van der Waals surface area (Å²) < 4.78 is 10.2. The third kappa shape index (κ3) is 3.27. The molecule has 82 valence electrons. The number of benzene rings is 1. The zero-order valence-electron chi connectivity index (χ0n) is 9.32. The van der Waals surface area contributed by atoms with E-state index in [9.17, 15) is 4.79 Å².